The molecule has 0 aliphatic heterocycles. The highest BCUT2D eigenvalue weighted by Crippen LogP contribution is 2.62. The second-order valence-electron chi connectivity index (χ2n) is 8.96. The number of ether oxygens (including phenoxy) is 1. The van der Waals surface area contributed by atoms with Gasteiger partial charge in [0.05, 0.1) is 7.11 Å². The van der Waals surface area contributed by atoms with E-state index in [1.54, 1.807) is 0 Å². The zero-order valence-electron chi connectivity index (χ0n) is 15.9. The summed E-state index contributed by atoms with van der Waals surface area (Å²) in [5.74, 6) is 4.94. The van der Waals surface area contributed by atoms with Crippen LogP contribution in [-0.4, -0.2) is 7.11 Å². The summed E-state index contributed by atoms with van der Waals surface area (Å²) in [6.45, 7) is 0. The van der Waals surface area contributed by atoms with Gasteiger partial charge in [0.1, 0.15) is 5.75 Å². The predicted octanol–water partition coefficient (Wildman–Crippen LogP) is 7.22. The van der Waals surface area contributed by atoms with E-state index in [1.165, 1.54) is 59.0 Å². The van der Waals surface area contributed by atoms with E-state index >= 15 is 0 Å². The summed E-state index contributed by atoms with van der Waals surface area (Å²) in [5.41, 5.74) is 3.20. The first-order chi connectivity index (χ1) is 13.1. The van der Waals surface area contributed by atoms with Crippen molar-refractivity contribution >= 4 is 27.7 Å². The van der Waals surface area contributed by atoms with Crippen LogP contribution in [0.15, 0.2) is 51.8 Å². The van der Waals surface area contributed by atoms with Crippen LogP contribution in [0.5, 0.6) is 5.75 Å². The van der Waals surface area contributed by atoms with Crippen molar-refractivity contribution in [3.8, 4) is 5.75 Å². The number of methoxy groups -OCH3 is 1. The quantitative estimate of drug-likeness (QED) is 0.451. The van der Waals surface area contributed by atoms with Crippen LogP contribution >= 0.6 is 27.7 Å². The highest BCUT2D eigenvalue weighted by Gasteiger charge is 2.52. The van der Waals surface area contributed by atoms with Gasteiger partial charge >= 0.3 is 0 Å². The fraction of sp³-hybridized carbons (Fsp3) is 0.500. The molecule has 0 atom stereocenters. The fourth-order valence-electron chi connectivity index (χ4n) is 6.40. The molecule has 27 heavy (non-hydrogen) atoms. The lowest BCUT2D eigenvalue weighted by Gasteiger charge is -2.57. The van der Waals surface area contributed by atoms with Gasteiger partial charge in [0.2, 0.25) is 0 Å². The van der Waals surface area contributed by atoms with Crippen molar-refractivity contribution in [1.82, 2.24) is 0 Å². The Morgan fingerprint density at radius 1 is 1.00 bits per heavy atom. The van der Waals surface area contributed by atoms with Gasteiger partial charge in [-0.3, -0.25) is 0 Å². The van der Waals surface area contributed by atoms with Gasteiger partial charge in [0, 0.05) is 20.7 Å². The molecule has 2 aromatic carbocycles. The summed E-state index contributed by atoms with van der Waals surface area (Å²) in [6.07, 6.45) is 8.56. The number of thioether (sulfide) groups is 1. The molecule has 0 aromatic heterocycles. The van der Waals surface area contributed by atoms with Crippen molar-refractivity contribution in [3.63, 3.8) is 0 Å². The maximum atomic E-state index is 5.95. The minimum atomic E-state index is 0.366. The summed E-state index contributed by atoms with van der Waals surface area (Å²) in [4.78, 5) is 1.28. The molecule has 0 N–H and O–H groups in total. The van der Waals surface area contributed by atoms with E-state index in [9.17, 15) is 0 Å². The Labute approximate surface area is 175 Å². The van der Waals surface area contributed by atoms with E-state index in [4.69, 9.17) is 4.74 Å². The zero-order chi connectivity index (χ0) is 18.4. The molecule has 4 saturated carbocycles. The molecule has 0 unspecified atom stereocenters. The van der Waals surface area contributed by atoms with Gasteiger partial charge in [-0.1, -0.05) is 30.3 Å². The summed E-state index contributed by atoms with van der Waals surface area (Å²) >= 11 is 5.78. The van der Waals surface area contributed by atoms with Gasteiger partial charge in [-0.2, -0.15) is 0 Å². The maximum absolute atomic E-state index is 5.95. The van der Waals surface area contributed by atoms with E-state index in [0.717, 1.165) is 29.3 Å². The van der Waals surface area contributed by atoms with E-state index in [1.807, 2.05) is 18.9 Å². The lowest BCUT2D eigenvalue weighted by atomic mass is 9.48. The largest absolute Gasteiger partial charge is 0.496 e. The van der Waals surface area contributed by atoms with Gasteiger partial charge in [-0.05, 0) is 95.3 Å². The summed E-state index contributed by atoms with van der Waals surface area (Å²) in [5, 5.41) is 0. The smallest absolute Gasteiger partial charge is 0.123 e. The molecule has 3 heteroatoms. The van der Waals surface area contributed by atoms with Gasteiger partial charge in [0.15, 0.2) is 0 Å². The molecule has 6 rings (SSSR count). The van der Waals surface area contributed by atoms with Crippen LogP contribution in [0.2, 0.25) is 0 Å². The minimum Gasteiger partial charge on any atom is -0.496 e. The van der Waals surface area contributed by atoms with E-state index in [2.05, 4.69) is 58.4 Å². The Morgan fingerprint density at radius 3 is 2.22 bits per heavy atom. The van der Waals surface area contributed by atoms with Crippen molar-refractivity contribution < 1.29 is 4.74 Å². The zero-order valence-corrected chi connectivity index (χ0v) is 18.3. The first kappa shape index (κ1) is 18.1. The van der Waals surface area contributed by atoms with E-state index in [-0.39, 0.29) is 0 Å². The molecule has 4 aliphatic carbocycles. The first-order valence-corrected chi connectivity index (χ1v) is 12.0. The number of benzene rings is 2. The van der Waals surface area contributed by atoms with Crippen LogP contribution in [0.25, 0.3) is 0 Å². The molecule has 0 radical (unpaired) electrons. The van der Waals surface area contributed by atoms with Crippen molar-refractivity contribution in [3.05, 3.63) is 58.1 Å². The normalized spacial score (nSPS) is 31.3. The molecule has 0 heterocycles. The van der Waals surface area contributed by atoms with Gasteiger partial charge in [-0.25, -0.2) is 0 Å². The Balaban J connectivity index is 1.45. The summed E-state index contributed by atoms with van der Waals surface area (Å²) < 4.78 is 7.18. The van der Waals surface area contributed by atoms with Gasteiger partial charge in [-0.15, -0.1) is 11.8 Å². The van der Waals surface area contributed by atoms with Crippen molar-refractivity contribution in [1.29, 1.82) is 0 Å². The highest BCUT2D eigenvalue weighted by atomic mass is 79.9. The topological polar surface area (TPSA) is 9.23 Å². The summed E-state index contributed by atoms with van der Waals surface area (Å²) in [6, 6.07) is 15.4. The predicted molar refractivity (Wildman–Crippen MR) is 117 cm³/mol. The Bertz CT molecular complexity index is 796. The SMILES string of the molecule is COc1cc(SCc2ccccc2)c(Br)cc1C12CC3CC(CC(C3)C1)C2. The third-order valence-electron chi connectivity index (χ3n) is 7.10. The second-order valence-corrected chi connectivity index (χ2v) is 10.8. The molecule has 142 valence electrons. The standard InChI is InChI=1S/C24H27BrOS/c1-26-22-11-23(27-15-16-5-3-2-4-6-16)21(25)10-20(22)24-12-17-7-18(13-24)9-19(8-17)14-24/h2-6,10-11,17-19H,7-9,12-15H2,1H3. The number of hydrogen-bond donors (Lipinski definition) is 0. The number of rotatable bonds is 5. The van der Waals surface area contributed by atoms with Crippen LogP contribution < -0.4 is 4.74 Å². The molecule has 4 aliphatic rings. The van der Waals surface area contributed by atoms with Crippen LogP contribution in [0.3, 0.4) is 0 Å². The van der Waals surface area contributed by atoms with E-state index in [0.29, 0.717) is 5.41 Å². The van der Waals surface area contributed by atoms with Crippen LogP contribution in [0.4, 0.5) is 0 Å². The monoisotopic (exact) mass is 442 g/mol. The number of halogens is 1. The van der Waals surface area contributed by atoms with Gasteiger partial charge in [0.25, 0.3) is 0 Å². The molecular formula is C24H27BrOS. The van der Waals surface area contributed by atoms with Crippen LogP contribution in [-0.2, 0) is 11.2 Å². The van der Waals surface area contributed by atoms with Crippen molar-refractivity contribution in [2.45, 2.75) is 54.6 Å². The third-order valence-corrected chi connectivity index (χ3v) is 9.15. The second kappa shape index (κ2) is 7.15. The maximum Gasteiger partial charge on any atom is 0.123 e. The Hall–Kier alpha value is -0.930. The Kier molecular flexibility index (Phi) is 4.80. The summed E-state index contributed by atoms with van der Waals surface area (Å²) in [7, 11) is 1.85. The van der Waals surface area contributed by atoms with Crippen molar-refractivity contribution in [2.24, 2.45) is 17.8 Å². The molecule has 0 saturated heterocycles. The highest BCUT2D eigenvalue weighted by molar-refractivity contribution is 9.10. The van der Waals surface area contributed by atoms with Crippen LogP contribution in [0.1, 0.15) is 49.7 Å². The third kappa shape index (κ3) is 3.35. The lowest BCUT2D eigenvalue weighted by molar-refractivity contribution is -0.00621. The van der Waals surface area contributed by atoms with Crippen LogP contribution in [0, 0.1) is 17.8 Å². The molecule has 1 nitrogen and oxygen atoms in total. The molecular weight excluding hydrogens is 416 g/mol. The molecule has 4 bridgehead atoms. The average molecular weight is 443 g/mol. The lowest BCUT2D eigenvalue weighted by Crippen LogP contribution is -2.48. The first-order valence-electron chi connectivity index (χ1n) is 10.2. The number of hydrogen-bond acceptors (Lipinski definition) is 2. The van der Waals surface area contributed by atoms with E-state index < -0.39 is 0 Å². The molecule has 0 amide bonds. The molecule has 0 spiro atoms. The average Bonchev–Trinajstić information content (AvgIpc) is 2.66. The Morgan fingerprint density at radius 2 is 1.63 bits per heavy atom. The van der Waals surface area contributed by atoms with Crippen molar-refractivity contribution in [2.75, 3.05) is 7.11 Å². The minimum absolute atomic E-state index is 0.366. The fourth-order valence-corrected chi connectivity index (χ4v) is 7.99. The molecule has 2 aromatic rings. The van der Waals surface area contributed by atoms with Gasteiger partial charge < -0.3 is 4.74 Å². The molecule has 4 fully saturated rings.